The Morgan fingerprint density at radius 2 is 2.00 bits per heavy atom. The highest BCUT2D eigenvalue weighted by atomic mass is 19.1. The van der Waals surface area contributed by atoms with Crippen molar-refractivity contribution >= 4 is 5.91 Å². The van der Waals surface area contributed by atoms with Crippen LogP contribution in [0.2, 0.25) is 0 Å². The van der Waals surface area contributed by atoms with Gasteiger partial charge in [-0.25, -0.2) is 4.39 Å². The molecule has 1 unspecified atom stereocenters. The summed E-state index contributed by atoms with van der Waals surface area (Å²) in [6.45, 7) is 1.67. The summed E-state index contributed by atoms with van der Waals surface area (Å²) in [5.74, 6) is -0.590. The van der Waals surface area contributed by atoms with Crippen LogP contribution >= 0.6 is 0 Å². The molecule has 0 saturated heterocycles. The largest absolute Gasteiger partial charge is 0.507 e. The number of carbonyl (C=O) groups excluding carboxylic acids is 1. The van der Waals surface area contributed by atoms with Crippen molar-refractivity contribution in [2.45, 2.75) is 13.0 Å². The van der Waals surface area contributed by atoms with E-state index in [1.165, 1.54) is 25.3 Å². The van der Waals surface area contributed by atoms with Crippen LogP contribution in [0.1, 0.15) is 28.9 Å². The molecule has 0 radical (unpaired) electrons. The Hall–Kier alpha value is -2.56. The van der Waals surface area contributed by atoms with Gasteiger partial charge in [-0.2, -0.15) is 0 Å². The Morgan fingerprint density at radius 1 is 1.29 bits per heavy atom. The molecule has 0 bridgehead atoms. The standard InChI is InChI=1S/C16H16FNO3/c1-10(12-5-3-4-6-14(12)17)18-16(20)13-9-11(21-2)7-8-15(13)19/h3-10,19H,1-2H3,(H,18,20). The van der Waals surface area contributed by atoms with Crippen molar-refractivity contribution in [3.05, 3.63) is 59.4 Å². The highest BCUT2D eigenvalue weighted by Crippen LogP contribution is 2.24. The first-order chi connectivity index (χ1) is 10.0. The number of amides is 1. The van der Waals surface area contributed by atoms with Gasteiger partial charge in [0.25, 0.3) is 5.91 Å². The highest BCUT2D eigenvalue weighted by molar-refractivity contribution is 5.97. The first-order valence-corrected chi connectivity index (χ1v) is 6.45. The average molecular weight is 289 g/mol. The van der Waals surface area contributed by atoms with Crippen LogP contribution in [0.15, 0.2) is 42.5 Å². The Bertz CT molecular complexity index is 658. The number of carbonyl (C=O) groups is 1. The summed E-state index contributed by atoms with van der Waals surface area (Å²) in [5, 5.41) is 12.4. The van der Waals surface area contributed by atoms with E-state index in [1.54, 1.807) is 31.2 Å². The molecule has 2 rings (SSSR count). The molecule has 0 aliphatic heterocycles. The zero-order valence-corrected chi connectivity index (χ0v) is 11.8. The van der Waals surface area contributed by atoms with Crippen molar-refractivity contribution in [3.63, 3.8) is 0 Å². The maximum absolute atomic E-state index is 13.7. The second kappa shape index (κ2) is 6.26. The van der Waals surface area contributed by atoms with E-state index in [9.17, 15) is 14.3 Å². The molecule has 0 aliphatic carbocycles. The fourth-order valence-corrected chi connectivity index (χ4v) is 2.00. The Balaban J connectivity index is 2.20. The predicted octanol–water partition coefficient (Wildman–Crippen LogP) is 3.03. The molecular weight excluding hydrogens is 273 g/mol. The molecule has 2 aromatic rings. The third-order valence-electron chi connectivity index (χ3n) is 3.17. The number of phenols is 1. The molecule has 5 heteroatoms. The van der Waals surface area contributed by atoms with Crippen molar-refractivity contribution < 1.29 is 19.0 Å². The molecule has 0 aliphatic rings. The second-order valence-corrected chi connectivity index (χ2v) is 4.60. The molecule has 21 heavy (non-hydrogen) atoms. The summed E-state index contributed by atoms with van der Waals surface area (Å²) in [4.78, 5) is 12.2. The number of rotatable bonds is 4. The van der Waals surface area contributed by atoms with Gasteiger partial charge in [0.1, 0.15) is 17.3 Å². The van der Waals surface area contributed by atoms with E-state index >= 15 is 0 Å². The summed E-state index contributed by atoms with van der Waals surface area (Å²) in [7, 11) is 1.47. The molecule has 0 aromatic heterocycles. The Labute approximate surface area is 122 Å². The minimum Gasteiger partial charge on any atom is -0.507 e. The first-order valence-electron chi connectivity index (χ1n) is 6.45. The topological polar surface area (TPSA) is 58.6 Å². The number of nitrogens with one attached hydrogen (secondary N) is 1. The van der Waals surface area contributed by atoms with Crippen molar-refractivity contribution in [2.24, 2.45) is 0 Å². The highest BCUT2D eigenvalue weighted by Gasteiger charge is 2.17. The van der Waals surface area contributed by atoms with E-state index in [0.29, 0.717) is 11.3 Å². The van der Waals surface area contributed by atoms with Crippen LogP contribution in [0.3, 0.4) is 0 Å². The molecule has 0 saturated carbocycles. The monoisotopic (exact) mass is 289 g/mol. The van der Waals surface area contributed by atoms with E-state index in [1.807, 2.05) is 0 Å². The van der Waals surface area contributed by atoms with Crippen LogP contribution in [0.5, 0.6) is 11.5 Å². The van der Waals surface area contributed by atoms with Crippen molar-refractivity contribution in [1.82, 2.24) is 5.32 Å². The van der Waals surface area contributed by atoms with Gasteiger partial charge in [-0.05, 0) is 31.2 Å². The van der Waals surface area contributed by atoms with Gasteiger partial charge in [-0.3, -0.25) is 4.79 Å². The number of benzene rings is 2. The van der Waals surface area contributed by atoms with Gasteiger partial charge in [-0.15, -0.1) is 0 Å². The molecule has 4 nitrogen and oxygen atoms in total. The third-order valence-corrected chi connectivity index (χ3v) is 3.17. The summed E-state index contributed by atoms with van der Waals surface area (Å²) in [5.41, 5.74) is 0.464. The van der Waals surface area contributed by atoms with E-state index in [-0.39, 0.29) is 17.1 Å². The minimum atomic E-state index is -0.524. The molecule has 1 atom stereocenters. The lowest BCUT2D eigenvalue weighted by molar-refractivity contribution is 0.0936. The Kier molecular flexibility index (Phi) is 4.42. The van der Waals surface area contributed by atoms with E-state index in [0.717, 1.165) is 0 Å². The van der Waals surface area contributed by atoms with Crippen LogP contribution in [-0.4, -0.2) is 18.1 Å². The third kappa shape index (κ3) is 3.31. The van der Waals surface area contributed by atoms with Crippen molar-refractivity contribution in [1.29, 1.82) is 0 Å². The van der Waals surface area contributed by atoms with Gasteiger partial charge in [0.2, 0.25) is 0 Å². The number of aromatic hydroxyl groups is 1. The number of hydrogen-bond acceptors (Lipinski definition) is 3. The number of hydrogen-bond donors (Lipinski definition) is 2. The lowest BCUT2D eigenvalue weighted by atomic mass is 10.1. The van der Waals surface area contributed by atoms with Crippen molar-refractivity contribution in [3.8, 4) is 11.5 Å². The fourth-order valence-electron chi connectivity index (χ4n) is 2.00. The van der Waals surface area contributed by atoms with Crippen LogP contribution in [-0.2, 0) is 0 Å². The molecule has 0 spiro atoms. The first kappa shape index (κ1) is 14.8. The van der Waals surface area contributed by atoms with Crippen LogP contribution in [0, 0.1) is 5.82 Å². The second-order valence-electron chi connectivity index (χ2n) is 4.60. The van der Waals surface area contributed by atoms with Crippen LogP contribution < -0.4 is 10.1 Å². The quantitative estimate of drug-likeness (QED) is 0.909. The Morgan fingerprint density at radius 3 is 2.67 bits per heavy atom. The maximum Gasteiger partial charge on any atom is 0.255 e. The zero-order chi connectivity index (χ0) is 15.4. The maximum atomic E-state index is 13.7. The zero-order valence-electron chi connectivity index (χ0n) is 11.8. The summed E-state index contributed by atoms with van der Waals surface area (Å²) < 4.78 is 18.7. The summed E-state index contributed by atoms with van der Waals surface area (Å²) in [6.07, 6.45) is 0. The molecule has 0 fully saturated rings. The smallest absolute Gasteiger partial charge is 0.255 e. The lowest BCUT2D eigenvalue weighted by Gasteiger charge is -2.16. The van der Waals surface area contributed by atoms with Crippen LogP contribution in [0.25, 0.3) is 0 Å². The van der Waals surface area contributed by atoms with E-state index < -0.39 is 11.9 Å². The number of halogens is 1. The van der Waals surface area contributed by atoms with Gasteiger partial charge in [0.15, 0.2) is 0 Å². The van der Waals surface area contributed by atoms with Crippen LogP contribution in [0.4, 0.5) is 4.39 Å². The SMILES string of the molecule is COc1ccc(O)c(C(=O)NC(C)c2ccccc2F)c1. The number of phenolic OH excluding ortho intramolecular Hbond substituents is 1. The number of methoxy groups -OCH3 is 1. The van der Waals surface area contributed by atoms with E-state index in [2.05, 4.69) is 5.32 Å². The van der Waals surface area contributed by atoms with Gasteiger partial charge in [0.05, 0.1) is 18.7 Å². The average Bonchev–Trinajstić information content (AvgIpc) is 2.48. The fraction of sp³-hybridized carbons (Fsp3) is 0.188. The molecular formula is C16H16FNO3. The van der Waals surface area contributed by atoms with E-state index in [4.69, 9.17) is 4.74 Å². The summed E-state index contributed by atoms with van der Waals surface area (Å²) >= 11 is 0. The molecule has 0 heterocycles. The molecule has 2 N–H and O–H groups in total. The van der Waals surface area contributed by atoms with Gasteiger partial charge in [0, 0.05) is 5.56 Å². The van der Waals surface area contributed by atoms with Gasteiger partial charge >= 0.3 is 0 Å². The predicted molar refractivity (Wildman–Crippen MR) is 76.9 cm³/mol. The normalized spacial score (nSPS) is 11.8. The number of ether oxygens (including phenoxy) is 1. The van der Waals surface area contributed by atoms with Gasteiger partial charge < -0.3 is 15.2 Å². The molecule has 110 valence electrons. The molecule has 1 amide bonds. The lowest BCUT2D eigenvalue weighted by Crippen LogP contribution is -2.27. The minimum absolute atomic E-state index is 0.0811. The molecule has 2 aromatic carbocycles. The van der Waals surface area contributed by atoms with Crippen molar-refractivity contribution in [2.75, 3.05) is 7.11 Å². The van der Waals surface area contributed by atoms with Gasteiger partial charge in [-0.1, -0.05) is 18.2 Å². The summed E-state index contributed by atoms with van der Waals surface area (Å²) in [6, 6.07) is 10.1.